The fourth-order valence-corrected chi connectivity index (χ4v) is 3.84. The van der Waals surface area contributed by atoms with Gasteiger partial charge in [-0.1, -0.05) is 59.3 Å². The fraction of sp³-hybridized carbons (Fsp3) is 0.250. The van der Waals surface area contributed by atoms with Gasteiger partial charge in [-0.15, -0.1) is 10.2 Å². The van der Waals surface area contributed by atoms with E-state index in [0.717, 1.165) is 9.90 Å². The molecular weight excluding hydrogens is 337 g/mol. The molecule has 106 valence electrons. The van der Waals surface area contributed by atoms with Crippen LogP contribution in [-0.4, -0.2) is 16.1 Å². The molecule has 1 amide bonds. The molecule has 0 saturated heterocycles. The minimum Gasteiger partial charge on any atom is -0.301 e. The molecule has 0 unspecified atom stereocenters. The Hall–Kier alpha value is -0.820. The largest absolute Gasteiger partial charge is 0.301 e. The summed E-state index contributed by atoms with van der Waals surface area (Å²) in [6.07, 6.45) is 0.414. The Kier molecular flexibility index (Phi) is 5.65. The van der Waals surface area contributed by atoms with Crippen molar-refractivity contribution in [1.82, 2.24) is 10.2 Å². The van der Waals surface area contributed by atoms with Crippen LogP contribution in [0.1, 0.15) is 18.9 Å². The number of hydrogen-bond donors (Lipinski definition) is 1. The lowest BCUT2D eigenvalue weighted by Gasteiger charge is -2.04. The van der Waals surface area contributed by atoms with E-state index in [9.17, 15) is 4.79 Å². The Balaban J connectivity index is 1.99. The zero-order valence-electron chi connectivity index (χ0n) is 10.5. The summed E-state index contributed by atoms with van der Waals surface area (Å²) in [7, 11) is 0. The van der Waals surface area contributed by atoms with Gasteiger partial charge in [0.25, 0.3) is 0 Å². The molecule has 0 aliphatic heterocycles. The van der Waals surface area contributed by atoms with Crippen molar-refractivity contribution in [3.63, 3.8) is 0 Å². The highest BCUT2D eigenvalue weighted by atomic mass is 35.5. The van der Waals surface area contributed by atoms with Gasteiger partial charge < -0.3 is 5.32 Å². The molecule has 1 aromatic carbocycles. The summed E-state index contributed by atoms with van der Waals surface area (Å²) in [5, 5.41) is 12.4. The second-order valence-electron chi connectivity index (χ2n) is 3.76. The Morgan fingerprint density at radius 3 is 2.70 bits per heavy atom. The molecule has 0 bridgehead atoms. The number of nitrogens with zero attached hydrogens (tertiary/aromatic N) is 2. The van der Waals surface area contributed by atoms with Crippen LogP contribution >= 0.6 is 46.3 Å². The fourth-order valence-electron chi connectivity index (χ4n) is 1.33. The molecule has 8 heteroatoms. The van der Waals surface area contributed by atoms with E-state index >= 15 is 0 Å². The molecule has 0 atom stereocenters. The number of rotatable bonds is 5. The van der Waals surface area contributed by atoms with E-state index in [1.54, 1.807) is 19.1 Å². The Morgan fingerprint density at radius 2 is 2.05 bits per heavy atom. The number of aromatic nitrogens is 2. The first kappa shape index (κ1) is 15.6. The first-order valence-corrected chi connectivity index (χ1v) is 8.35. The first-order valence-electron chi connectivity index (χ1n) is 5.79. The Bertz CT molecular complexity index is 598. The van der Waals surface area contributed by atoms with Gasteiger partial charge in [0.15, 0.2) is 4.34 Å². The smallest absolute Gasteiger partial charge is 0.225 e. The molecule has 0 fully saturated rings. The number of thioether (sulfide) groups is 1. The summed E-state index contributed by atoms with van der Waals surface area (Å²) < 4.78 is 0.757. The van der Waals surface area contributed by atoms with Crippen LogP contribution in [0.5, 0.6) is 0 Å². The van der Waals surface area contributed by atoms with Crippen LogP contribution in [0, 0.1) is 0 Å². The maximum atomic E-state index is 11.2. The topological polar surface area (TPSA) is 54.9 Å². The zero-order valence-corrected chi connectivity index (χ0v) is 13.7. The predicted octanol–water partition coefficient (Wildman–Crippen LogP) is 4.49. The number of carbonyl (C=O) groups is 1. The van der Waals surface area contributed by atoms with Crippen molar-refractivity contribution < 1.29 is 4.79 Å². The van der Waals surface area contributed by atoms with E-state index in [1.807, 2.05) is 6.07 Å². The highest BCUT2D eigenvalue weighted by Gasteiger charge is 2.10. The minimum atomic E-state index is -0.0770. The number of carbonyl (C=O) groups excluding carboxylic acids is 1. The van der Waals surface area contributed by atoms with Gasteiger partial charge >= 0.3 is 0 Å². The van der Waals surface area contributed by atoms with E-state index in [-0.39, 0.29) is 5.91 Å². The molecular formula is C12H11Cl2N3OS2. The number of benzene rings is 1. The molecule has 1 heterocycles. The third-order valence-corrected chi connectivity index (χ3v) is 5.08. The van der Waals surface area contributed by atoms with Gasteiger partial charge in [-0.05, 0) is 17.7 Å². The summed E-state index contributed by atoms with van der Waals surface area (Å²) in [5.41, 5.74) is 0.871. The standard InChI is InChI=1S/C12H11Cl2N3OS2/c1-2-10(18)15-11-16-17-12(20-11)19-6-7-8(13)4-3-5-9(7)14/h3-5H,2,6H2,1H3,(H,15,16,18). The molecule has 1 aromatic heterocycles. The number of nitrogens with one attached hydrogen (secondary N) is 1. The summed E-state index contributed by atoms with van der Waals surface area (Å²) in [6, 6.07) is 5.41. The van der Waals surface area contributed by atoms with Crippen LogP contribution in [0.4, 0.5) is 5.13 Å². The van der Waals surface area contributed by atoms with Gasteiger partial charge in [0.1, 0.15) is 0 Å². The summed E-state index contributed by atoms with van der Waals surface area (Å²) in [5.74, 6) is 0.529. The van der Waals surface area contributed by atoms with Crippen LogP contribution in [-0.2, 0) is 10.5 Å². The van der Waals surface area contributed by atoms with Crippen molar-refractivity contribution in [2.24, 2.45) is 0 Å². The minimum absolute atomic E-state index is 0.0770. The van der Waals surface area contributed by atoms with Crippen molar-refractivity contribution in [2.45, 2.75) is 23.4 Å². The van der Waals surface area contributed by atoms with Crippen molar-refractivity contribution in [3.8, 4) is 0 Å². The lowest BCUT2D eigenvalue weighted by Crippen LogP contribution is -2.08. The molecule has 20 heavy (non-hydrogen) atoms. The Labute approximate surface area is 134 Å². The van der Waals surface area contributed by atoms with Crippen molar-refractivity contribution in [1.29, 1.82) is 0 Å². The predicted molar refractivity (Wildman–Crippen MR) is 84.9 cm³/mol. The number of halogens is 2. The van der Waals surface area contributed by atoms with Gasteiger partial charge in [0.2, 0.25) is 11.0 Å². The van der Waals surface area contributed by atoms with E-state index in [1.165, 1.54) is 23.1 Å². The van der Waals surface area contributed by atoms with Gasteiger partial charge in [-0.3, -0.25) is 4.79 Å². The Morgan fingerprint density at radius 1 is 1.35 bits per heavy atom. The lowest BCUT2D eigenvalue weighted by atomic mass is 10.2. The number of hydrogen-bond acceptors (Lipinski definition) is 5. The van der Waals surface area contributed by atoms with Gasteiger partial charge in [-0.2, -0.15) is 0 Å². The third-order valence-electron chi connectivity index (χ3n) is 2.38. The zero-order chi connectivity index (χ0) is 14.5. The maximum Gasteiger partial charge on any atom is 0.225 e. The maximum absolute atomic E-state index is 11.2. The van der Waals surface area contributed by atoms with Crippen LogP contribution in [0.2, 0.25) is 10.0 Å². The van der Waals surface area contributed by atoms with Crippen LogP contribution < -0.4 is 5.32 Å². The molecule has 1 N–H and O–H groups in total. The van der Waals surface area contributed by atoms with Crippen molar-refractivity contribution >= 4 is 57.3 Å². The highest BCUT2D eigenvalue weighted by Crippen LogP contribution is 2.33. The van der Waals surface area contributed by atoms with Crippen LogP contribution in [0.3, 0.4) is 0 Å². The van der Waals surface area contributed by atoms with Gasteiger partial charge in [0, 0.05) is 22.2 Å². The van der Waals surface area contributed by atoms with Gasteiger partial charge in [0.05, 0.1) is 0 Å². The molecule has 0 aliphatic rings. The second kappa shape index (κ2) is 7.26. The molecule has 0 saturated carbocycles. The van der Waals surface area contributed by atoms with Crippen LogP contribution in [0.15, 0.2) is 22.5 Å². The quantitative estimate of drug-likeness (QED) is 0.639. The normalized spacial score (nSPS) is 10.6. The van der Waals surface area contributed by atoms with Crippen LogP contribution in [0.25, 0.3) is 0 Å². The summed E-state index contributed by atoms with van der Waals surface area (Å²) in [4.78, 5) is 11.2. The molecule has 2 rings (SSSR count). The SMILES string of the molecule is CCC(=O)Nc1nnc(SCc2c(Cl)cccc2Cl)s1. The van der Waals surface area contributed by atoms with E-state index in [4.69, 9.17) is 23.2 Å². The summed E-state index contributed by atoms with van der Waals surface area (Å²) >= 11 is 15.0. The molecule has 0 aliphatic carbocycles. The number of anilines is 1. The molecule has 0 radical (unpaired) electrons. The van der Waals surface area contributed by atoms with Crippen molar-refractivity contribution in [2.75, 3.05) is 5.32 Å². The monoisotopic (exact) mass is 347 g/mol. The molecule has 4 nitrogen and oxygen atoms in total. The molecule has 0 spiro atoms. The summed E-state index contributed by atoms with van der Waals surface area (Å²) in [6.45, 7) is 1.78. The van der Waals surface area contributed by atoms with Gasteiger partial charge in [-0.25, -0.2) is 0 Å². The van der Waals surface area contributed by atoms with E-state index in [2.05, 4.69) is 15.5 Å². The van der Waals surface area contributed by atoms with E-state index in [0.29, 0.717) is 27.4 Å². The molecule has 2 aromatic rings. The first-order chi connectivity index (χ1) is 9.60. The second-order valence-corrected chi connectivity index (χ2v) is 6.78. The lowest BCUT2D eigenvalue weighted by molar-refractivity contribution is -0.115. The average molecular weight is 348 g/mol. The average Bonchev–Trinajstić information content (AvgIpc) is 2.85. The third kappa shape index (κ3) is 4.09. The van der Waals surface area contributed by atoms with Crippen molar-refractivity contribution in [3.05, 3.63) is 33.8 Å². The highest BCUT2D eigenvalue weighted by molar-refractivity contribution is 8.00. The number of amides is 1. The van der Waals surface area contributed by atoms with E-state index < -0.39 is 0 Å².